The summed E-state index contributed by atoms with van der Waals surface area (Å²) in [6, 6.07) is 9.63. The summed E-state index contributed by atoms with van der Waals surface area (Å²) in [6.45, 7) is 3.92. The van der Waals surface area contributed by atoms with Crippen LogP contribution in [0.15, 0.2) is 36.2 Å². The second-order valence-electron chi connectivity index (χ2n) is 5.73. The Labute approximate surface area is 151 Å². The maximum absolute atomic E-state index is 6.42. The normalized spacial score (nSPS) is 17.2. The van der Waals surface area contributed by atoms with Crippen molar-refractivity contribution in [3.63, 3.8) is 0 Å². The second kappa shape index (κ2) is 6.85. The van der Waals surface area contributed by atoms with Gasteiger partial charge in [0, 0.05) is 5.69 Å². The van der Waals surface area contributed by atoms with Crippen LogP contribution in [0.1, 0.15) is 17.0 Å². The van der Waals surface area contributed by atoms with E-state index >= 15 is 0 Å². The number of benzene rings is 1. The minimum absolute atomic E-state index is 0.312. The van der Waals surface area contributed by atoms with E-state index in [1.54, 1.807) is 14.2 Å². The Morgan fingerprint density at radius 3 is 2.36 bits per heavy atom. The molecular formula is C18H22N4O2S. The highest BCUT2D eigenvalue weighted by atomic mass is 32.2. The van der Waals surface area contributed by atoms with E-state index in [0.717, 1.165) is 39.0 Å². The summed E-state index contributed by atoms with van der Waals surface area (Å²) in [5.41, 5.74) is 16.0. The molecule has 1 atom stereocenters. The van der Waals surface area contributed by atoms with Gasteiger partial charge in [-0.15, -0.1) is 0 Å². The number of nitrogens with two attached hydrogens (primary N) is 2. The third-order valence-corrected chi connectivity index (χ3v) is 5.21. The lowest BCUT2D eigenvalue weighted by Gasteiger charge is -2.24. The van der Waals surface area contributed by atoms with Gasteiger partial charge in [0.1, 0.15) is 22.8 Å². The molecule has 1 unspecified atom stereocenters. The fourth-order valence-corrected chi connectivity index (χ4v) is 3.97. The van der Waals surface area contributed by atoms with Crippen LogP contribution in [0.2, 0.25) is 0 Å². The van der Waals surface area contributed by atoms with Crippen molar-refractivity contribution in [2.45, 2.75) is 19.3 Å². The molecule has 7 heteroatoms. The Bertz CT molecular complexity index is 797. The van der Waals surface area contributed by atoms with Crippen molar-refractivity contribution in [3.05, 3.63) is 53.1 Å². The maximum atomic E-state index is 6.42. The van der Waals surface area contributed by atoms with Gasteiger partial charge in [0.05, 0.1) is 30.5 Å². The molecule has 132 valence electrons. The summed E-state index contributed by atoms with van der Waals surface area (Å²) >= 11 is 1.49. The van der Waals surface area contributed by atoms with Crippen molar-refractivity contribution in [2.75, 3.05) is 19.1 Å². The molecule has 0 bridgehead atoms. The quantitative estimate of drug-likeness (QED) is 0.869. The number of aromatic nitrogens is 1. The van der Waals surface area contributed by atoms with E-state index in [9.17, 15) is 0 Å². The number of thioether (sulfide) groups is 1. The average molecular weight is 358 g/mol. The Hall–Kier alpha value is -2.38. The summed E-state index contributed by atoms with van der Waals surface area (Å²) in [7, 11) is 3.29. The number of methoxy groups -OCH3 is 2. The first-order valence-electron chi connectivity index (χ1n) is 7.84. The summed E-state index contributed by atoms with van der Waals surface area (Å²) in [5, 5.41) is 0. The van der Waals surface area contributed by atoms with E-state index in [-0.39, 0.29) is 5.50 Å². The van der Waals surface area contributed by atoms with Crippen LogP contribution in [0, 0.1) is 13.8 Å². The predicted molar refractivity (Wildman–Crippen MR) is 102 cm³/mol. The second-order valence-corrected chi connectivity index (χ2v) is 6.86. The molecule has 1 aliphatic rings. The molecule has 25 heavy (non-hydrogen) atoms. The molecule has 1 aliphatic heterocycles. The zero-order valence-electron chi connectivity index (χ0n) is 14.7. The predicted octanol–water partition coefficient (Wildman–Crippen LogP) is 2.80. The topological polar surface area (TPSA) is 86.6 Å². The molecule has 2 aromatic rings. The maximum Gasteiger partial charge on any atom is 0.143 e. The number of hydrogen-bond acceptors (Lipinski definition) is 7. The zero-order chi connectivity index (χ0) is 18.1. The van der Waals surface area contributed by atoms with Crippen LogP contribution in [0.25, 0.3) is 4.91 Å². The molecule has 0 saturated heterocycles. The van der Waals surface area contributed by atoms with Crippen LogP contribution >= 0.6 is 11.8 Å². The van der Waals surface area contributed by atoms with Crippen molar-refractivity contribution >= 4 is 22.4 Å². The van der Waals surface area contributed by atoms with Crippen LogP contribution in [-0.2, 0) is 0 Å². The van der Waals surface area contributed by atoms with Gasteiger partial charge in [0.15, 0.2) is 0 Å². The van der Waals surface area contributed by atoms with E-state index in [4.69, 9.17) is 20.9 Å². The minimum Gasteiger partial charge on any atom is -0.497 e. The van der Waals surface area contributed by atoms with Crippen molar-refractivity contribution in [1.82, 2.24) is 4.98 Å². The van der Waals surface area contributed by atoms with Gasteiger partial charge in [-0.05, 0) is 49.7 Å². The molecule has 2 heterocycles. The molecule has 4 N–H and O–H groups in total. The first-order valence-corrected chi connectivity index (χ1v) is 8.72. The fraction of sp³-hybridized carbons (Fsp3) is 0.278. The van der Waals surface area contributed by atoms with Crippen LogP contribution in [0.5, 0.6) is 11.5 Å². The lowest BCUT2D eigenvalue weighted by atomic mass is 10.2. The molecule has 6 nitrogen and oxygen atoms in total. The minimum atomic E-state index is -0.312. The Morgan fingerprint density at radius 2 is 1.80 bits per heavy atom. The van der Waals surface area contributed by atoms with E-state index in [2.05, 4.69) is 4.98 Å². The van der Waals surface area contributed by atoms with E-state index in [0.29, 0.717) is 5.82 Å². The Morgan fingerprint density at radius 1 is 1.12 bits per heavy atom. The van der Waals surface area contributed by atoms with Gasteiger partial charge < -0.3 is 25.8 Å². The smallest absolute Gasteiger partial charge is 0.143 e. The van der Waals surface area contributed by atoms with Gasteiger partial charge in [-0.1, -0.05) is 11.8 Å². The van der Waals surface area contributed by atoms with Gasteiger partial charge in [-0.25, -0.2) is 4.98 Å². The molecule has 0 radical (unpaired) electrons. The number of nitrogens with zero attached hydrogens (tertiary/aromatic N) is 2. The van der Waals surface area contributed by atoms with Crippen LogP contribution < -0.4 is 25.8 Å². The standard InChI is InChI=1S/C18H22N4O2S/c1-10-9-14(21-11(2)15(10)24-4)16-17(19)22(18(20)25-16)12-5-7-13(23-3)8-6-12/h5-9,18H,19-20H2,1-4H3. The molecule has 0 aliphatic carbocycles. The molecule has 1 aromatic carbocycles. The third-order valence-electron chi connectivity index (χ3n) is 4.10. The van der Waals surface area contributed by atoms with Gasteiger partial charge >= 0.3 is 0 Å². The van der Waals surface area contributed by atoms with Crippen molar-refractivity contribution in [3.8, 4) is 11.5 Å². The first kappa shape index (κ1) is 17.4. The lowest BCUT2D eigenvalue weighted by Crippen LogP contribution is -2.37. The number of anilines is 1. The number of rotatable bonds is 4. The third kappa shape index (κ3) is 3.12. The summed E-state index contributed by atoms with van der Waals surface area (Å²) in [5.74, 6) is 2.18. The van der Waals surface area contributed by atoms with Crippen molar-refractivity contribution in [2.24, 2.45) is 11.5 Å². The Kier molecular flexibility index (Phi) is 4.78. The largest absolute Gasteiger partial charge is 0.497 e. The molecule has 1 aromatic heterocycles. The summed E-state index contributed by atoms with van der Waals surface area (Å²) < 4.78 is 10.6. The van der Waals surface area contributed by atoms with E-state index < -0.39 is 0 Å². The lowest BCUT2D eigenvalue weighted by molar-refractivity contribution is 0.406. The van der Waals surface area contributed by atoms with Crippen LogP contribution in [-0.4, -0.2) is 24.7 Å². The number of hydrogen-bond donors (Lipinski definition) is 2. The zero-order valence-corrected chi connectivity index (χ0v) is 15.6. The van der Waals surface area contributed by atoms with E-state index in [1.165, 1.54) is 11.8 Å². The van der Waals surface area contributed by atoms with Gasteiger partial charge in [-0.3, -0.25) is 0 Å². The molecule has 0 fully saturated rings. The van der Waals surface area contributed by atoms with Crippen molar-refractivity contribution < 1.29 is 9.47 Å². The van der Waals surface area contributed by atoms with Gasteiger partial charge in [0.2, 0.25) is 0 Å². The van der Waals surface area contributed by atoms with Gasteiger partial charge in [0.25, 0.3) is 0 Å². The van der Waals surface area contributed by atoms with Crippen LogP contribution in [0.4, 0.5) is 5.69 Å². The molecular weight excluding hydrogens is 336 g/mol. The molecule has 0 saturated carbocycles. The van der Waals surface area contributed by atoms with E-state index in [1.807, 2.05) is 49.1 Å². The highest BCUT2D eigenvalue weighted by Crippen LogP contribution is 2.43. The number of pyridine rings is 1. The molecule has 0 amide bonds. The average Bonchev–Trinajstić information content (AvgIpc) is 2.89. The summed E-state index contributed by atoms with van der Waals surface area (Å²) in [4.78, 5) is 7.41. The first-order chi connectivity index (χ1) is 12.0. The van der Waals surface area contributed by atoms with Gasteiger partial charge in [-0.2, -0.15) is 0 Å². The van der Waals surface area contributed by atoms with Crippen molar-refractivity contribution in [1.29, 1.82) is 0 Å². The monoisotopic (exact) mass is 358 g/mol. The number of aryl methyl sites for hydroxylation is 2. The highest BCUT2D eigenvalue weighted by molar-refractivity contribution is 8.09. The molecule has 3 rings (SSSR count). The SMILES string of the molecule is COc1ccc(N2C(N)=C(c3cc(C)c(OC)c(C)n3)SC2N)cc1. The molecule has 0 spiro atoms. The summed E-state index contributed by atoms with van der Waals surface area (Å²) in [6.07, 6.45) is 0. The Balaban J connectivity index is 2.01. The highest BCUT2D eigenvalue weighted by Gasteiger charge is 2.31. The fourth-order valence-electron chi connectivity index (χ4n) is 2.95. The van der Waals surface area contributed by atoms with Crippen LogP contribution in [0.3, 0.4) is 0 Å². The number of ether oxygens (including phenoxy) is 2.